The van der Waals surface area contributed by atoms with Crippen molar-refractivity contribution < 1.29 is 8.42 Å². The first-order valence-electron chi connectivity index (χ1n) is 9.78. The summed E-state index contributed by atoms with van der Waals surface area (Å²) in [5.41, 5.74) is 2.78. The zero-order valence-electron chi connectivity index (χ0n) is 18.2. The van der Waals surface area contributed by atoms with Crippen LogP contribution >= 0.6 is 11.6 Å². The third-order valence-electron chi connectivity index (χ3n) is 4.32. The molecule has 0 aromatic carbocycles. The summed E-state index contributed by atoms with van der Waals surface area (Å²) >= 11 is 5.87. The van der Waals surface area contributed by atoms with Crippen molar-refractivity contribution in [3.63, 3.8) is 0 Å². The Morgan fingerprint density at radius 1 is 1.23 bits per heavy atom. The van der Waals surface area contributed by atoms with Crippen molar-refractivity contribution in [1.82, 2.24) is 33.5 Å². The molecular weight excluding hydrogens is 440 g/mol. The minimum Gasteiger partial charge on any atom is -0.366 e. The van der Waals surface area contributed by atoms with Crippen LogP contribution in [0.3, 0.4) is 0 Å². The molecule has 3 aromatic heterocycles. The quantitative estimate of drug-likeness (QED) is 0.462. The predicted octanol–water partition coefficient (Wildman–Crippen LogP) is 2.13. The average molecular weight is 469 g/mol. The summed E-state index contributed by atoms with van der Waals surface area (Å²) in [6, 6.07) is 3.81. The number of H-pyrrole nitrogens is 1. The second-order valence-electron chi connectivity index (χ2n) is 6.68. The first kappa shape index (κ1) is 24.8. The number of pyridine rings is 1. The van der Waals surface area contributed by atoms with Crippen LogP contribution in [-0.4, -0.2) is 63.8 Å². The van der Waals surface area contributed by atoms with Gasteiger partial charge in [0.05, 0.1) is 30.5 Å². The number of nitrogens with one attached hydrogen (secondary N) is 2. The Morgan fingerprint density at radius 3 is 2.58 bits per heavy atom. The minimum absolute atomic E-state index is 0.490. The summed E-state index contributed by atoms with van der Waals surface area (Å²) in [4.78, 5) is 17.1. The Labute approximate surface area is 188 Å². The lowest BCUT2D eigenvalue weighted by Crippen LogP contribution is -2.30. The number of aromatic nitrogens is 5. The zero-order valence-corrected chi connectivity index (χ0v) is 19.7. The summed E-state index contributed by atoms with van der Waals surface area (Å²) in [5.74, 6) is 0. The van der Waals surface area contributed by atoms with Gasteiger partial charge in [-0.1, -0.05) is 18.5 Å². The van der Waals surface area contributed by atoms with E-state index >= 15 is 0 Å². The lowest BCUT2D eigenvalue weighted by atomic mass is 10.3. The zero-order chi connectivity index (χ0) is 22.9. The average Bonchev–Trinajstić information content (AvgIpc) is 3.43. The Morgan fingerprint density at radius 2 is 2.00 bits per heavy atom. The maximum absolute atomic E-state index is 11.8. The molecule has 0 spiro atoms. The number of rotatable bonds is 9. The smallest absolute Gasteiger partial charge is 0.308 e. The molecule has 0 saturated carbocycles. The van der Waals surface area contributed by atoms with Crippen molar-refractivity contribution >= 4 is 27.5 Å². The summed E-state index contributed by atoms with van der Waals surface area (Å²) in [6.07, 6.45) is 8.08. The number of imidazole rings is 2. The van der Waals surface area contributed by atoms with Gasteiger partial charge in [0.1, 0.15) is 11.5 Å². The molecule has 2 N–H and O–H groups in total. The highest BCUT2D eigenvalue weighted by Gasteiger charge is 2.18. The van der Waals surface area contributed by atoms with Crippen LogP contribution in [0.5, 0.6) is 0 Å². The molecule has 0 amide bonds. The van der Waals surface area contributed by atoms with Crippen molar-refractivity contribution in [3.8, 4) is 0 Å². The number of aromatic amines is 1. The van der Waals surface area contributed by atoms with Crippen LogP contribution in [0.1, 0.15) is 25.2 Å². The molecule has 170 valence electrons. The fourth-order valence-corrected chi connectivity index (χ4v) is 3.72. The third-order valence-corrected chi connectivity index (χ3v) is 6.27. The van der Waals surface area contributed by atoms with Crippen LogP contribution < -0.4 is 10.2 Å². The standard InChI is InChI=1S/C11H13ClN4.C8H16N4O2S/c1-2-16(7-9-6-13-8-15-9)10-3-4-14-11(12)5-10;1-4-9-5-8-6-10-7-12(8)15(13,14)11(2)3/h3-6,8H,2,7H2,1H3,(H,13,15);6-7,9H,4-5H2,1-3H3. The molecule has 0 saturated heterocycles. The largest absolute Gasteiger partial charge is 0.366 e. The molecule has 10 nitrogen and oxygen atoms in total. The molecule has 0 radical (unpaired) electrons. The highest BCUT2D eigenvalue weighted by atomic mass is 35.5. The topological polar surface area (TPSA) is 112 Å². The fraction of sp³-hybridized carbons (Fsp3) is 0.421. The number of hydrogen-bond donors (Lipinski definition) is 2. The third kappa shape index (κ3) is 7.03. The minimum atomic E-state index is -3.45. The van der Waals surface area contributed by atoms with Gasteiger partial charge in [-0.3, -0.25) is 0 Å². The number of anilines is 1. The van der Waals surface area contributed by atoms with Gasteiger partial charge in [-0.15, -0.1) is 0 Å². The normalized spacial score (nSPS) is 11.3. The van der Waals surface area contributed by atoms with Crippen LogP contribution in [-0.2, 0) is 23.3 Å². The maximum atomic E-state index is 11.8. The lowest BCUT2D eigenvalue weighted by Gasteiger charge is -2.22. The van der Waals surface area contributed by atoms with Gasteiger partial charge < -0.3 is 15.2 Å². The molecule has 3 aromatic rings. The molecule has 3 heterocycles. The second kappa shape index (κ2) is 11.8. The fourth-order valence-electron chi connectivity index (χ4n) is 2.62. The Bertz CT molecular complexity index is 1020. The van der Waals surface area contributed by atoms with E-state index in [1.54, 1.807) is 18.7 Å². The van der Waals surface area contributed by atoms with Crippen LogP contribution in [0.4, 0.5) is 5.69 Å². The monoisotopic (exact) mass is 468 g/mol. The van der Waals surface area contributed by atoms with Gasteiger partial charge in [0.2, 0.25) is 0 Å². The molecule has 0 bridgehead atoms. The Hall–Kier alpha value is -2.47. The van der Waals surface area contributed by atoms with Crippen molar-refractivity contribution in [2.24, 2.45) is 0 Å². The van der Waals surface area contributed by atoms with E-state index in [2.05, 4.69) is 37.1 Å². The van der Waals surface area contributed by atoms with Crippen LogP contribution in [0.25, 0.3) is 0 Å². The maximum Gasteiger partial charge on any atom is 0.308 e. The first-order chi connectivity index (χ1) is 14.8. The lowest BCUT2D eigenvalue weighted by molar-refractivity contribution is 0.507. The molecule has 0 unspecified atom stereocenters. The SMILES string of the molecule is CCN(Cc1cnc[nH]1)c1ccnc(Cl)c1.CCNCc1cncn1S(=O)(=O)N(C)C. The molecule has 31 heavy (non-hydrogen) atoms. The molecule has 12 heteroatoms. The van der Waals surface area contributed by atoms with E-state index in [1.165, 1.54) is 24.4 Å². The molecule has 0 aliphatic rings. The summed E-state index contributed by atoms with van der Waals surface area (Å²) in [6.45, 7) is 7.03. The van der Waals surface area contributed by atoms with E-state index in [1.807, 2.05) is 25.3 Å². The van der Waals surface area contributed by atoms with Gasteiger partial charge >= 0.3 is 10.2 Å². The predicted molar refractivity (Wildman–Crippen MR) is 122 cm³/mol. The number of nitrogens with zero attached hydrogens (tertiary/aromatic N) is 6. The highest BCUT2D eigenvalue weighted by Crippen LogP contribution is 2.18. The van der Waals surface area contributed by atoms with E-state index in [0.717, 1.165) is 35.3 Å². The van der Waals surface area contributed by atoms with E-state index in [-0.39, 0.29) is 0 Å². The highest BCUT2D eigenvalue weighted by molar-refractivity contribution is 7.87. The van der Waals surface area contributed by atoms with E-state index in [4.69, 9.17) is 11.6 Å². The summed E-state index contributed by atoms with van der Waals surface area (Å²) in [5, 5.41) is 3.57. The molecule has 3 rings (SSSR count). The van der Waals surface area contributed by atoms with Crippen LogP contribution in [0, 0.1) is 0 Å². The number of halogens is 1. The Balaban J connectivity index is 0.000000221. The van der Waals surface area contributed by atoms with Gasteiger partial charge in [-0.25, -0.2) is 18.9 Å². The van der Waals surface area contributed by atoms with E-state index in [0.29, 0.717) is 17.4 Å². The Kier molecular flexibility index (Phi) is 9.44. The van der Waals surface area contributed by atoms with Crippen molar-refractivity contribution in [2.45, 2.75) is 26.9 Å². The summed E-state index contributed by atoms with van der Waals surface area (Å²) < 4.78 is 25.9. The number of hydrogen-bond acceptors (Lipinski definition) is 7. The second-order valence-corrected chi connectivity index (χ2v) is 9.09. The van der Waals surface area contributed by atoms with Crippen LogP contribution in [0.2, 0.25) is 5.15 Å². The molecule has 0 aliphatic heterocycles. The van der Waals surface area contributed by atoms with Gasteiger partial charge in [0.25, 0.3) is 0 Å². The van der Waals surface area contributed by atoms with Crippen LogP contribution in [0.15, 0.2) is 43.4 Å². The summed E-state index contributed by atoms with van der Waals surface area (Å²) in [7, 11) is -0.462. The molecule has 0 fully saturated rings. The van der Waals surface area contributed by atoms with Gasteiger partial charge in [-0.05, 0) is 25.6 Å². The van der Waals surface area contributed by atoms with Crippen molar-refractivity contribution in [1.29, 1.82) is 0 Å². The molecule has 0 atom stereocenters. The van der Waals surface area contributed by atoms with Crippen molar-refractivity contribution in [2.75, 3.05) is 32.1 Å². The van der Waals surface area contributed by atoms with Gasteiger partial charge in [-0.2, -0.15) is 12.7 Å². The van der Waals surface area contributed by atoms with E-state index in [9.17, 15) is 8.42 Å². The van der Waals surface area contributed by atoms with Crippen molar-refractivity contribution in [3.05, 3.63) is 59.9 Å². The first-order valence-corrected chi connectivity index (χ1v) is 11.6. The van der Waals surface area contributed by atoms with E-state index < -0.39 is 10.2 Å². The van der Waals surface area contributed by atoms with Gasteiger partial charge in [0.15, 0.2) is 0 Å². The molecular formula is C19H29ClN8O2S. The molecule has 0 aliphatic carbocycles. The van der Waals surface area contributed by atoms with Gasteiger partial charge in [0, 0.05) is 45.3 Å².